The Morgan fingerprint density at radius 1 is 1.40 bits per heavy atom. The first kappa shape index (κ1) is 14.1. The zero-order valence-corrected chi connectivity index (χ0v) is 12.4. The van der Waals surface area contributed by atoms with Gasteiger partial charge in [0.2, 0.25) is 10.0 Å². The van der Waals surface area contributed by atoms with E-state index in [2.05, 4.69) is 9.62 Å². The van der Waals surface area contributed by atoms with Crippen molar-refractivity contribution < 1.29 is 13.5 Å². The summed E-state index contributed by atoms with van der Waals surface area (Å²) in [5.74, 6) is 0. The van der Waals surface area contributed by atoms with Crippen molar-refractivity contribution >= 4 is 10.0 Å². The molecule has 0 aliphatic carbocycles. The summed E-state index contributed by atoms with van der Waals surface area (Å²) in [7, 11) is -1.77. The Bertz CT molecular complexity index is 596. The second-order valence-corrected chi connectivity index (χ2v) is 7.41. The predicted molar refractivity (Wildman–Crippen MR) is 74.7 cm³/mol. The lowest BCUT2D eigenvalue weighted by atomic mass is 10.1. The number of fused-ring (bicyclic) bond motifs is 1. The zero-order valence-electron chi connectivity index (χ0n) is 11.6. The molecule has 0 amide bonds. The highest BCUT2D eigenvalue weighted by Gasteiger charge is 2.39. The van der Waals surface area contributed by atoms with Crippen molar-refractivity contribution in [3.8, 4) is 0 Å². The number of nitrogens with one attached hydrogen (secondary N) is 1. The van der Waals surface area contributed by atoms with E-state index in [-0.39, 0.29) is 17.5 Å². The van der Waals surface area contributed by atoms with Gasteiger partial charge in [0.15, 0.2) is 0 Å². The smallest absolute Gasteiger partial charge is 0.242 e. The number of rotatable bonds is 4. The van der Waals surface area contributed by atoms with Crippen molar-refractivity contribution in [1.29, 1.82) is 0 Å². The Labute approximate surface area is 119 Å². The van der Waals surface area contributed by atoms with Crippen LogP contribution in [0.5, 0.6) is 0 Å². The van der Waals surface area contributed by atoms with Gasteiger partial charge in [0.05, 0.1) is 11.5 Å². The zero-order chi connectivity index (χ0) is 14.3. The van der Waals surface area contributed by atoms with Gasteiger partial charge in [0, 0.05) is 37.6 Å². The topological polar surface area (TPSA) is 74.6 Å². The number of hydrogen-bond donors (Lipinski definition) is 2. The molecular weight excluding hydrogens is 278 g/mol. The van der Waals surface area contributed by atoms with Gasteiger partial charge in [-0.1, -0.05) is 0 Å². The lowest BCUT2D eigenvalue weighted by Gasteiger charge is -2.20. The molecule has 2 N–H and O–H groups in total. The second kappa shape index (κ2) is 5.14. The summed E-state index contributed by atoms with van der Waals surface area (Å²) in [5, 5.41) is 9.16. The molecule has 1 aromatic rings. The Morgan fingerprint density at radius 2 is 2.20 bits per heavy atom. The van der Waals surface area contributed by atoms with E-state index in [1.165, 1.54) is 6.07 Å². The fourth-order valence-corrected chi connectivity index (χ4v) is 4.77. The molecule has 0 aromatic carbocycles. The normalized spacial score (nSPS) is 27.1. The van der Waals surface area contributed by atoms with Crippen LogP contribution in [-0.4, -0.2) is 48.2 Å². The molecule has 2 fully saturated rings. The van der Waals surface area contributed by atoms with Crippen molar-refractivity contribution in [1.82, 2.24) is 14.2 Å². The molecule has 0 saturated carbocycles. The number of sulfonamides is 1. The Hall–Kier alpha value is -0.890. The Balaban J connectivity index is 1.78. The number of aryl methyl sites for hydroxylation is 1. The molecule has 0 radical (unpaired) electrons. The summed E-state index contributed by atoms with van der Waals surface area (Å²) in [5.41, 5.74) is 0.597. The first-order valence-electron chi connectivity index (χ1n) is 7.04. The number of nitrogens with zero attached hydrogens (tertiary/aromatic N) is 2. The number of aromatic nitrogens is 1. The molecule has 2 aliphatic rings. The van der Waals surface area contributed by atoms with Crippen LogP contribution in [0.1, 0.15) is 25.0 Å². The Morgan fingerprint density at radius 3 is 2.90 bits per heavy atom. The van der Waals surface area contributed by atoms with E-state index in [0.29, 0.717) is 11.7 Å². The van der Waals surface area contributed by atoms with Crippen molar-refractivity contribution in [2.75, 3.05) is 13.1 Å². The average Bonchev–Trinajstić information content (AvgIpc) is 3.06. The molecule has 0 spiro atoms. The van der Waals surface area contributed by atoms with Gasteiger partial charge >= 0.3 is 0 Å². The van der Waals surface area contributed by atoms with Gasteiger partial charge in [-0.05, 0) is 31.9 Å². The first-order chi connectivity index (χ1) is 9.51. The first-order valence-corrected chi connectivity index (χ1v) is 8.52. The monoisotopic (exact) mass is 299 g/mol. The van der Waals surface area contributed by atoms with E-state index in [9.17, 15) is 8.42 Å². The minimum absolute atomic E-state index is 0.0142. The highest BCUT2D eigenvalue weighted by atomic mass is 32.2. The molecule has 2 unspecified atom stereocenters. The van der Waals surface area contributed by atoms with Crippen LogP contribution in [0.2, 0.25) is 0 Å². The van der Waals surface area contributed by atoms with Gasteiger partial charge in [-0.15, -0.1) is 0 Å². The van der Waals surface area contributed by atoms with Crippen molar-refractivity contribution in [2.24, 2.45) is 7.05 Å². The van der Waals surface area contributed by atoms with Gasteiger partial charge in [0.25, 0.3) is 0 Å². The van der Waals surface area contributed by atoms with Crippen molar-refractivity contribution in [3.05, 3.63) is 18.0 Å². The second-order valence-electron chi connectivity index (χ2n) is 5.70. The summed E-state index contributed by atoms with van der Waals surface area (Å²) in [6.45, 7) is 1.91. The van der Waals surface area contributed by atoms with Crippen LogP contribution < -0.4 is 4.72 Å². The molecule has 7 heteroatoms. The molecule has 20 heavy (non-hydrogen) atoms. The van der Waals surface area contributed by atoms with Crippen LogP contribution in [0, 0.1) is 0 Å². The lowest BCUT2D eigenvalue weighted by molar-refractivity contribution is 0.272. The van der Waals surface area contributed by atoms with Crippen LogP contribution in [0.3, 0.4) is 0 Å². The molecule has 2 aliphatic heterocycles. The quantitative estimate of drug-likeness (QED) is 0.823. The molecule has 0 bridgehead atoms. The summed E-state index contributed by atoms with van der Waals surface area (Å²) in [4.78, 5) is 2.61. The van der Waals surface area contributed by atoms with Crippen LogP contribution in [0.25, 0.3) is 0 Å². The van der Waals surface area contributed by atoms with Gasteiger partial charge < -0.3 is 9.67 Å². The summed E-state index contributed by atoms with van der Waals surface area (Å²) >= 11 is 0. The summed E-state index contributed by atoms with van der Waals surface area (Å²) in [6, 6.07) is 1.90. The highest BCUT2D eigenvalue weighted by molar-refractivity contribution is 7.89. The Kier molecular flexibility index (Phi) is 3.62. The number of aliphatic hydroxyl groups excluding tert-OH is 1. The molecule has 2 atom stereocenters. The molecule has 3 rings (SSSR count). The van der Waals surface area contributed by atoms with Gasteiger partial charge in [-0.3, -0.25) is 4.90 Å². The van der Waals surface area contributed by atoms with E-state index < -0.39 is 10.0 Å². The third kappa shape index (κ3) is 2.39. The fraction of sp³-hybridized carbons (Fsp3) is 0.692. The van der Waals surface area contributed by atoms with Crippen LogP contribution in [0.4, 0.5) is 0 Å². The minimum Gasteiger partial charge on any atom is -0.390 e. The van der Waals surface area contributed by atoms with E-state index in [1.54, 1.807) is 17.8 Å². The maximum atomic E-state index is 12.4. The third-order valence-electron chi connectivity index (χ3n) is 4.47. The van der Waals surface area contributed by atoms with E-state index >= 15 is 0 Å². The molecular formula is C13H21N3O3S. The van der Waals surface area contributed by atoms with Gasteiger partial charge in [-0.2, -0.15) is 0 Å². The van der Waals surface area contributed by atoms with Crippen LogP contribution >= 0.6 is 0 Å². The third-order valence-corrected chi connectivity index (χ3v) is 5.92. The van der Waals surface area contributed by atoms with Crippen LogP contribution in [-0.2, 0) is 23.7 Å². The largest absolute Gasteiger partial charge is 0.390 e. The predicted octanol–water partition coefficient (Wildman–Crippen LogP) is 0.0324. The minimum atomic E-state index is -3.50. The molecule has 3 heterocycles. The highest BCUT2D eigenvalue weighted by Crippen LogP contribution is 2.29. The molecule has 6 nitrogen and oxygen atoms in total. The molecule has 1 aromatic heterocycles. The molecule has 2 saturated heterocycles. The SMILES string of the molecule is Cn1cc(S(=O)(=O)NC2CCN3CCCC23)cc1CO. The van der Waals surface area contributed by atoms with Crippen molar-refractivity contribution in [2.45, 2.75) is 42.8 Å². The van der Waals surface area contributed by atoms with Crippen LogP contribution in [0.15, 0.2) is 17.2 Å². The van der Waals surface area contributed by atoms with Gasteiger partial charge in [0.1, 0.15) is 0 Å². The maximum Gasteiger partial charge on any atom is 0.242 e. The maximum absolute atomic E-state index is 12.4. The summed E-state index contributed by atoms with van der Waals surface area (Å²) < 4.78 is 29.4. The van der Waals surface area contributed by atoms with E-state index in [1.807, 2.05) is 0 Å². The van der Waals surface area contributed by atoms with Crippen molar-refractivity contribution in [3.63, 3.8) is 0 Å². The number of aliphatic hydroxyl groups is 1. The molecule has 112 valence electrons. The average molecular weight is 299 g/mol. The van der Waals surface area contributed by atoms with E-state index in [4.69, 9.17) is 5.11 Å². The van der Waals surface area contributed by atoms with E-state index in [0.717, 1.165) is 32.4 Å². The lowest BCUT2D eigenvalue weighted by Crippen LogP contribution is -2.42. The standard InChI is InChI=1S/C13H21N3O3S/c1-15-8-11(7-10(15)9-17)20(18,19)14-12-4-6-16-5-2-3-13(12)16/h7-8,12-14,17H,2-6,9H2,1H3. The summed E-state index contributed by atoms with van der Waals surface area (Å²) in [6.07, 6.45) is 4.66. The fourth-order valence-electron chi connectivity index (χ4n) is 3.37. The van der Waals surface area contributed by atoms with Gasteiger partial charge in [-0.25, -0.2) is 13.1 Å². The number of hydrogen-bond acceptors (Lipinski definition) is 4.